The first-order valence-corrected chi connectivity index (χ1v) is 7.31. The lowest BCUT2D eigenvalue weighted by atomic mass is 9.86. The van der Waals surface area contributed by atoms with Crippen LogP contribution in [0.4, 0.5) is 8.78 Å². The number of halogens is 3. The third kappa shape index (κ3) is 4.62. The van der Waals surface area contributed by atoms with Crippen molar-refractivity contribution in [1.29, 1.82) is 0 Å². The minimum absolute atomic E-state index is 0. The van der Waals surface area contributed by atoms with Crippen LogP contribution in [0.2, 0.25) is 0 Å². The molecule has 1 unspecified atom stereocenters. The van der Waals surface area contributed by atoms with E-state index in [2.05, 4.69) is 0 Å². The van der Waals surface area contributed by atoms with Gasteiger partial charge in [-0.2, -0.15) is 0 Å². The van der Waals surface area contributed by atoms with Crippen molar-refractivity contribution in [3.63, 3.8) is 0 Å². The van der Waals surface area contributed by atoms with Crippen LogP contribution in [0.1, 0.15) is 32.4 Å². The van der Waals surface area contributed by atoms with E-state index in [-0.39, 0.29) is 30.3 Å². The van der Waals surface area contributed by atoms with Gasteiger partial charge in [0.25, 0.3) is 0 Å². The van der Waals surface area contributed by atoms with Crippen LogP contribution in [0, 0.1) is 17.0 Å². The Morgan fingerprint density at radius 1 is 1.35 bits per heavy atom. The number of amides is 1. The van der Waals surface area contributed by atoms with Crippen molar-refractivity contribution in [2.24, 2.45) is 11.1 Å². The Kier molecular flexibility index (Phi) is 6.50. The largest absolute Gasteiger partial charge is 0.370 e. The van der Waals surface area contributed by atoms with Gasteiger partial charge >= 0.3 is 0 Å². The predicted octanol–water partition coefficient (Wildman–Crippen LogP) is 2.66. The van der Waals surface area contributed by atoms with Crippen molar-refractivity contribution in [1.82, 2.24) is 4.90 Å². The zero-order valence-corrected chi connectivity index (χ0v) is 14.3. The molecule has 0 spiro atoms. The lowest BCUT2D eigenvalue weighted by Crippen LogP contribution is -2.53. The minimum Gasteiger partial charge on any atom is -0.370 e. The fraction of sp³-hybridized carbons (Fsp3) is 0.562. The lowest BCUT2D eigenvalue weighted by Gasteiger charge is -2.37. The number of benzene rings is 1. The molecule has 0 saturated carbocycles. The molecule has 0 aliphatic carbocycles. The smallest absolute Gasteiger partial charge is 0.240 e. The maximum atomic E-state index is 13.3. The van der Waals surface area contributed by atoms with E-state index in [1.54, 1.807) is 4.90 Å². The lowest BCUT2D eigenvalue weighted by molar-refractivity contribution is -0.142. The summed E-state index contributed by atoms with van der Waals surface area (Å²) in [7, 11) is 0. The maximum Gasteiger partial charge on any atom is 0.240 e. The minimum atomic E-state index is -0.920. The number of nitrogens with zero attached hydrogens (tertiary/aromatic N) is 1. The topological polar surface area (TPSA) is 55.6 Å². The third-order valence-corrected chi connectivity index (χ3v) is 3.89. The molecule has 7 heteroatoms. The van der Waals surface area contributed by atoms with Crippen LogP contribution in [0.25, 0.3) is 0 Å². The zero-order valence-electron chi connectivity index (χ0n) is 13.5. The molecule has 2 atom stereocenters. The van der Waals surface area contributed by atoms with E-state index >= 15 is 0 Å². The quantitative estimate of drug-likeness (QED) is 0.894. The summed E-state index contributed by atoms with van der Waals surface area (Å²) in [5, 5.41) is 0. The molecule has 1 heterocycles. The summed E-state index contributed by atoms with van der Waals surface area (Å²) in [6, 6.07) is 3.03. The highest BCUT2D eigenvalue weighted by molar-refractivity contribution is 5.85. The second-order valence-electron chi connectivity index (χ2n) is 6.66. The zero-order chi connectivity index (χ0) is 16.5. The van der Waals surface area contributed by atoms with Gasteiger partial charge in [0.2, 0.25) is 5.91 Å². The Labute approximate surface area is 141 Å². The molecule has 1 amide bonds. The van der Waals surface area contributed by atoms with Crippen molar-refractivity contribution in [2.45, 2.75) is 32.9 Å². The number of carbonyl (C=O) groups is 1. The van der Waals surface area contributed by atoms with Crippen LogP contribution < -0.4 is 5.73 Å². The molecule has 1 fully saturated rings. The molecule has 2 N–H and O–H groups in total. The van der Waals surface area contributed by atoms with Crippen LogP contribution in [0.5, 0.6) is 0 Å². The molecule has 1 saturated heterocycles. The summed E-state index contributed by atoms with van der Waals surface area (Å²) in [5.41, 5.74) is 6.19. The Balaban J connectivity index is 0.00000264. The Hall–Kier alpha value is -1.24. The molecule has 1 aliphatic heterocycles. The average molecular weight is 349 g/mol. The van der Waals surface area contributed by atoms with Gasteiger partial charge in [0.15, 0.2) is 11.6 Å². The molecular formula is C16H23ClF2N2O2. The van der Waals surface area contributed by atoms with Crippen molar-refractivity contribution in [2.75, 3.05) is 19.7 Å². The highest BCUT2D eigenvalue weighted by Crippen LogP contribution is 2.26. The van der Waals surface area contributed by atoms with E-state index in [9.17, 15) is 13.6 Å². The standard InChI is InChI=1S/C16H22F2N2O2.ClH/c1-16(2,3)14(19)15(21)20-6-7-22-13(9-20)10-4-5-11(17)12(18)8-10;/h4-5,8,13-14H,6-7,9,19H2,1-3H3;1H/t13?,14-;/m1./s1. The maximum absolute atomic E-state index is 13.3. The first-order chi connectivity index (χ1) is 10.2. The molecule has 0 bridgehead atoms. The van der Waals surface area contributed by atoms with Crippen LogP contribution >= 0.6 is 12.4 Å². The third-order valence-electron chi connectivity index (χ3n) is 3.89. The first kappa shape index (κ1) is 19.8. The monoisotopic (exact) mass is 348 g/mol. The Bertz CT molecular complexity index is 564. The van der Waals surface area contributed by atoms with Gasteiger partial charge in [-0.3, -0.25) is 4.79 Å². The summed E-state index contributed by atoms with van der Waals surface area (Å²) in [5.74, 6) is -1.97. The van der Waals surface area contributed by atoms with Crippen molar-refractivity contribution in [3.8, 4) is 0 Å². The average Bonchev–Trinajstić information content (AvgIpc) is 2.47. The fourth-order valence-electron chi connectivity index (χ4n) is 2.33. The fourth-order valence-corrected chi connectivity index (χ4v) is 2.33. The van der Waals surface area contributed by atoms with Crippen molar-refractivity contribution < 1.29 is 18.3 Å². The molecule has 23 heavy (non-hydrogen) atoms. The van der Waals surface area contributed by atoms with Gasteiger partial charge in [-0.15, -0.1) is 12.4 Å². The molecule has 0 radical (unpaired) electrons. The molecule has 2 rings (SSSR count). The van der Waals surface area contributed by atoms with Crippen LogP contribution in [-0.4, -0.2) is 36.5 Å². The number of hydrogen-bond donors (Lipinski definition) is 1. The molecule has 1 aromatic carbocycles. The molecular weight excluding hydrogens is 326 g/mol. The Morgan fingerprint density at radius 3 is 2.57 bits per heavy atom. The van der Waals surface area contributed by atoms with E-state index in [0.29, 0.717) is 18.7 Å². The summed E-state index contributed by atoms with van der Waals surface area (Å²) in [6.45, 7) is 6.79. The number of ether oxygens (including phenoxy) is 1. The number of carbonyl (C=O) groups excluding carboxylic acids is 1. The molecule has 1 aliphatic rings. The van der Waals surface area contributed by atoms with Crippen LogP contribution in [0.3, 0.4) is 0 Å². The van der Waals surface area contributed by atoms with Crippen molar-refractivity contribution in [3.05, 3.63) is 35.4 Å². The summed E-state index contributed by atoms with van der Waals surface area (Å²) >= 11 is 0. The summed E-state index contributed by atoms with van der Waals surface area (Å²) in [4.78, 5) is 14.1. The molecule has 130 valence electrons. The Morgan fingerprint density at radius 2 is 2.00 bits per heavy atom. The number of hydrogen-bond acceptors (Lipinski definition) is 3. The molecule has 0 aromatic heterocycles. The molecule has 1 aromatic rings. The summed E-state index contributed by atoms with van der Waals surface area (Å²) in [6.07, 6.45) is -0.472. The van der Waals surface area contributed by atoms with Gasteiger partial charge < -0.3 is 15.4 Å². The highest BCUT2D eigenvalue weighted by atomic mass is 35.5. The van der Waals surface area contributed by atoms with E-state index in [1.807, 2.05) is 20.8 Å². The molecule has 4 nitrogen and oxygen atoms in total. The van der Waals surface area contributed by atoms with Gasteiger partial charge in [-0.05, 0) is 23.1 Å². The summed E-state index contributed by atoms with van der Waals surface area (Å²) < 4.78 is 31.9. The van der Waals surface area contributed by atoms with Gasteiger partial charge in [0, 0.05) is 6.54 Å². The second-order valence-corrected chi connectivity index (χ2v) is 6.66. The number of rotatable bonds is 2. The first-order valence-electron chi connectivity index (χ1n) is 7.31. The normalized spacial score (nSPS) is 19.9. The van der Waals surface area contributed by atoms with E-state index in [0.717, 1.165) is 12.1 Å². The van der Waals surface area contributed by atoms with Crippen LogP contribution in [-0.2, 0) is 9.53 Å². The van der Waals surface area contributed by atoms with Gasteiger partial charge in [0.1, 0.15) is 6.10 Å². The number of nitrogens with two attached hydrogens (primary N) is 1. The van der Waals surface area contributed by atoms with Gasteiger partial charge in [0.05, 0.1) is 19.2 Å². The van der Waals surface area contributed by atoms with E-state index in [1.165, 1.54) is 6.07 Å². The van der Waals surface area contributed by atoms with Gasteiger partial charge in [-0.1, -0.05) is 26.8 Å². The van der Waals surface area contributed by atoms with Crippen LogP contribution in [0.15, 0.2) is 18.2 Å². The van der Waals surface area contributed by atoms with Gasteiger partial charge in [-0.25, -0.2) is 8.78 Å². The highest BCUT2D eigenvalue weighted by Gasteiger charge is 2.34. The van der Waals surface area contributed by atoms with Crippen molar-refractivity contribution >= 4 is 18.3 Å². The predicted molar refractivity (Wildman–Crippen MR) is 86.3 cm³/mol. The van der Waals surface area contributed by atoms with E-state index in [4.69, 9.17) is 10.5 Å². The number of morpholine rings is 1. The second kappa shape index (κ2) is 7.55. The van der Waals surface area contributed by atoms with E-state index < -0.39 is 23.8 Å². The SMILES string of the molecule is CC(C)(C)[C@H](N)C(=O)N1CCOC(c2ccc(F)c(F)c2)C1.Cl.